The van der Waals surface area contributed by atoms with Gasteiger partial charge in [0.15, 0.2) is 0 Å². The fraction of sp³-hybridized carbons (Fsp3) is 0.458. The van der Waals surface area contributed by atoms with E-state index in [1.54, 1.807) is 30.1 Å². The number of ether oxygens (including phenoxy) is 1. The maximum Gasteiger partial charge on any atom is 0.309 e. The fourth-order valence-corrected chi connectivity index (χ4v) is 4.81. The summed E-state index contributed by atoms with van der Waals surface area (Å²) in [5.41, 5.74) is 2.54. The third-order valence-corrected chi connectivity index (χ3v) is 6.76. The molecule has 1 aliphatic heterocycles. The van der Waals surface area contributed by atoms with Gasteiger partial charge in [0, 0.05) is 18.7 Å². The molecule has 0 fully saturated rings. The van der Waals surface area contributed by atoms with E-state index in [1.165, 1.54) is 7.11 Å². The Morgan fingerprint density at radius 2 is 1.88 bits per heavy atom. The van der Waals surface area contributed by atoms with Crippen LogP contribution in [-0.2, 0) is 14.9 Å². The molecule has 2 N–H and O–H groups in total. The average Bonchev–Trinajstić information content (AvgIpc) is 2.77. The van der Waals surface area contributed by atoms with Crippen LogP contribution in [0.5, 0.6) is 11.5 Å². The van der Waals surface area contributed by atoms with E-state index in [0.717, 1.165) is 35.5 Å². The molecule has 0 bridgehead atoms. The van der Waals surface area contributed by atoms with Gasteiger partial charge in [-0.25, -0.2) is 0 Å². The Balaban J connectivity index is 1.80. The number of amides is 1. The lowest BCUT2D eigenvalue weighted by molar-refractivity contribution is -0.121. The molecule has 0 saturated carbocycles. The predicted octanol–water partition coefficient (Wildman–Crippen LogP) is 3.63. The second-order valence-electron chi connectivity index (χ2n) is 8.66. The van der Waals surface area contributed by atoms with E-state index in [0.29, 0.717) is 18.7 Å². The van der Waals surface area contributed by atoms with Crippen LogP contribution in [0.2, 0.25) is 0 Å². The molecule has 1 aliphatic rings. The molecule has 3 rings (SSSR count). The van der Waals surface area contributed by atoms with Gasteiger partial charge in [0.2, 0.25) is 0 Å². The molecule has 180 valence electrons. The van der Waals surface area contributed by atoms with Gasteiger partial charge in [0.1, 0.15) is 17.0 Å². The molecule has 2 aromatic carbocycles. The summed E-state index contributed by atoms with van der Waals surface area (Å²) in [6.07, 6.45) is 1.48. The van der Waals surface area contributed by atoms with Gasteiger partial charge in [-0.3, -0.25) is 4.79 Å². The number of methoxy groups -OCH3 is 1. The minimum absolute atomic E-state index is 0.0297. The monoisotopic (exact) mass is 475 g/mol. The second-order valence-corrected chi connectivity index (χ2v) is 10.3. The summed E-state index contributed by atoms with van der Waals surface area (Å²) in [5, 5.41) is 6.45. The molecule has 0 aliphatic carbocycles. The number of carbonyl (C=O) groups excluding carboxylic acids is 1. The number of nitrogens with zero attached hydrogens (tertiary/aromatic N) is 1. The van der Waals surface area contributed by atoms with Crippen molar-refractivity contribution in [3.05, 3.63) is 36.4 Å². The Labute approximate surface area is 196 Å². The van der Waals surface area contributed by atoms with Crippen molar-refractivity contribution in [3.63, 3.8) is 0 Å². The van der Waals surface area contributed by atoms with Crippen LogP contribution in [-0.4, -0.2) is 52.9 Å². The molecule has 0 spiro atoms. The molecule has 0 saturated heterocycles. The summed E-state index contributed by atoms with van der Waals surface area (Å²) in [5.74, 6) is 0.580. The Kier molecular flexibility index (Phi) is 7.54. The highest BCUT2D eigenvalue weighted by molar-refractivity contribution is 7.87. The van der Waals surface area contributed by atoms with Crippen LogP contribution in [0, 0.1) is 0 Å². The van der Waals surface area contributed by atoms with E-state index in [4.69, 9.17) is 8.92 Å². The Bertz CT molecular complexity index is 1120. The smallest absolute Gasteiger partial charge is 0.309 e. The van der Waals surface area contributed by atoms with Crippen LogP contribution in [0.25, 0.3) is 11.1 Å². The lowest BCUT2D eigenvalue weighted by Gasteiger charge is -2.38. The minimum Gasteiger partial charge on any atom is -0.496 e. The van der Waals surface area contributed by atoms with Gasteiger partial charge in [-0.2, -0.15) is 8.42 Å². The second kappa shape index (κ2) is 10.0. The summed E-state index contributed by atoms with van der Waals surface area (Å²) < 4.78 is 35.5. The molecule has 1 heterocycles. The van der Waals surface area contributed by atoms with Crippen molar-refractivity contribution < 1.29 is 22.1 Å². The summed E-state index contributed by atoms with van der Waals surface area (Å²) in [7, 11) is -0.432. The number of rotatable bonds is 10. The zero-order valence-electron chi connectivity index (χ0n) is 19.9. The summed E-state index contributed by atoms with van der Waals surface area (Å²) in [4.78, 5) is 14.3. The van der Waals surface area contributed by atoms with Gasteiger partial charge in [-0.1, -0.05) is 13.0 Å². The van der Waals surface area contributed by atoms with E-state index in [2.05, 4.69) is 17.6 Å². The first kappa shape index (κ1) is 24.9. The Hall–Kier alpha value is -2.78. The number of likely N-dealkylation sites (N-methyl/N-ethyl adjacent to an activating group) is 1. The highest BCUT2D eigenvalue weighted by atomic mass is 32.2. The van der Waals surface area contributed by atoms with Crippen LogP contribution >= 0.6 is 0 Å². The van der Waals surface area contributed by atoms with Gasteiger partial charge >= 0.3 is 10.1 Å². The summed E-state index contributed by atoms with van der Waals surface area (Å²) >= 11 is 0. The molecule has 33 heavy (non-hydrogen) atoms. The fourth-order valence-electron chi connectivity index (χ4n) is 3.83. The van der Waals surface area contributed by atoms with E-state index in [-0.39, 0.29) is 17.4 Å². The van der Waals surface area contributed by atoms with E-state index in [1.807, 2.05) is 32.0 Å². The van der Waals surface area contributed by atoms with Gasteiger partial charge in [0.05, 0.1) is 24.2 Å². The predicted molar refractivity (Wildman–Crippen MR) is 132 cm³/mol. The molecular weight excluding hydrogens is 442 g/mol. The van der Waals surface area contributed by atoms with Gasteiger partial charge < -0.3 is 24.5 Å². The zero-order chi connectivity index (χ0) is 24.2. The lowest BCUT2D eigenvalue weighted by Crippen LogP contribution is -2.52. The van der Waals surface area contributed by atoms with Gasteiger partial charge in [-0.05, 0) is 69.6 Å². The topological polar surface area (TPSA) is 97.0 Å². The van der Waals surface area contributed by atoms with Crippen molar-refractivity contribution in [2.75, 3.05) is 43.2 Å². The highest BCUT2D eigenvalue weighted by Crippen LogP contribution is 2.40. The number of benzene rings is 2. The molecule has 0 unspecified atom stereocenters. The highest BCUT2D eigenvalue weighted by Gasteiger charge is 2.36. The number of anilines is 2. The van der Waals surface area contributed by atoms with Crippen molar-refractivity contribution >= 4 is 27.4 Å². The van der Waals surface area contributed by atoms with Crippen molar-refractivity contribution in [1.29, 1.82) is 0 Å². The summed E-state index contributed by atoms with van der Waals surface area (Å²) in [6.45, 7) is 7.24. The zero-order valence-corrected chi connectivity index (χ0v) is 20.7. The van der Waals surface area contributed by atoms with Gasteiger partial charge in [0.25, 0.3) is 5.91 Å². The average molecular weight is 476 g/mol. The van der Waals surface area contributed by atoms with Crippen LogP contribution in [0.3, 0.4) is 0 Å². The van der Waals surface area contributed by atoms with Crippen LogP contribution in [0.4, 0.5) is 11.4 Å². The summed E-state index contributed by atoms with van der Waals surface area (Å²) in [6, 6.07) is 10.7. The number of hydrogen-bond donors (Lipinski definition) is 2. The van der Waals surface area contributed by atoms with Crippen molar-refractivity contribution in [3.8, 4) is 22.6 Å². The normalized spacial score (nSPS) is 15.1. The van der Waals surface area contributed by atoms with Crippen molar-refractivity contribution in [1.82, 2.24) is 5.32 Å². The lowest BCUT2D eigenvalue weighted by atomic mass is 9.96. The SMILES string of the molecule is CCCNCCCS(=O)(=O)Oc1ccc(-c2ccc3c(c2)N(C)C(=O)C(C)(C)N3)c(OC)c1. The van der Waals surface area contributed by atoms with Crippen molar-refractivity contribution in [2.24, 2.45) is 0 Å². The number of carbonyl (C=O) groups is 1. The van der Waals surface area contributed by atoms with Gasteiger partial charge in [-0.15, -0.1) is 0 Å². The van der Waals surface area contributed by atoms with Crippen LogP contribution in [0.1, 0.15) is 33.6 Å². The molecule has 9 heteroatoms. The standard InChI is InChI=1S/C24H33N3O5S/c1-6-12-25-13-7-14-33(29,30)32-18-9-10-19(22(16-18)31-5)17-8-11-20-21(15-17)27(4)23(28)24(2,3)26-20/h8-11,15-16,25-26H,6-7,12-14H2,1-5H3. The maximum atomic E-state index is 12.6. The first-order chi connectivity index (χ1) is 15.6. The minimum atomic E-state index is -3.71. The molecular formula is C24H33N3O5S. The Morgan fingerprint density at radius 1 is 1.12 bits per heavy atom. The molecule has 1 amide bonds. The van der Waals surface area contributed by atoms with Crippen LogP contribution < -0.4 is 24.5 Å². The number of nitrogens with one attached hydrogen (secondary N) is 2. The number of fused-ring (bicyclic) bond motifs is 1. The molecule has 0 aromatic heterocycles. The largest absolute Gasteiger partial charge is 0.496 e. The van der Waals surface area contributed by atoms with E-state index < -0.39 is 15.7 Å². The van der Waals surface area contributed by atoms with E-state index in [9.17, 15) is 13.2 Å². The third kappa shape index (κ3) is 5.78. The number of hydrogen-bond acceptors (Lipinski definition) is 7. The first-order valence-electron chi connectivity index (χ1n) is 11.1. The molecule has 2 aromatic rings. The van der Waals surface area contributed by atoms with Crippen LogP contribution in [0.15, 0.2) is 36.4 Å². The Morgan fingerprint density at radius 3 is 2.58 bits per heavy atom. The first-order valence-corrected chi connectivity index (χ1v) is 12.7. The van der Waals surface area contributed by atoms with E-state index >= 15 is 0 Å². The maximum absolute atomic E-state index is 12.6. The molecule has 0 atom stereocenters. The van der Waals surface area contributed by atoms with Crippen molar-refractivity contribution in [2.45, 2.75) is 39.2 Å². The molecule has 8 nitrogen and oxygen atoms in total. The third-order valence-electron chi connectivity index (χ3n) is 5.53. The molecule has 0 radical (unpaired) electrons. The quantitative estimate of drug-likeness (QED) is 0.400.